The molecule has 0 saturated carbocycles. The highest BCUT2D eigenvalue weighted by Gasteiger charge is 2.28. The highest BCUT2D eigenvalue weighted by atomic mass is 28.3. The van der Waals surface area contributed by atoms with Crippen LogP contribution in [0.25, 0.3) is 0 Å². The van der Waals surface area contributed by atoms with Crippen molar-refractivity contribution in [3.63, 3.8) is 0 Å². The van der Waals surface area contributed by atoms with E-state index in [0.717, 1.165) is 16.7 Å². The number of hydrogen-bond donors (Lipinski definition) is 0. The second-order valence-electron chi connectivity index (χ2n) is 9.84. The Kier molecular flexibility index (Phi) is 9.01. The van der Waals surface area contributed by atoms with E-state index in [1.807, 2.05) is 30.3 Å². The van der Waals surface area contributed by atoms with E-state index in [1.54, 1.807) is 48.5 Å². The van der Waals surface area contributed by atoms with Gasteiger partial charge in [-0.05, 0) is 65.5 Å². The van der Waals surface area contributed by atoms with Crippen LogP contribution in [0.4, 0.5) is 0 Å². The van der Waals surface area contributed by atoms with Crippen molar-refractivity contribution >= 4 is 21.0 Å². The molecule has 3 aromatic carbocycles. The fraction of sp³-hybridized carbons (Fsp3) is 0.310. The molecule has 0 amide bonds. The summed E-state index contributed by atoms with van der Waals surface area (Å²) in [7, 11) is -1.32. The van der Waals surface area contributed by atoms with Gasteiger partial charge < -0.3 is 13.9 Å². The molecule has 5 nitrogen and oxygen atoms in total. The Morgan fingerprint density at radius 1 is 0.743 bits per heavy atom. The van der Waals surface area contributed by atoms with Crippen LogP contribution in [0, 0.1) is 5.41 Å². The van der Waals surface area contributed by atoms with Crippen LogP contribution in [0.2, 0.25) is 13.1 Å². The Labute approximate surface area is 209 Å². The van der Waals surface area contributed by atoms with Crippen molar-refractivity contribution in [3.05, 3.63) is 107 Å². The van der Waals surface area contributed by atoms with Crippen LogP contribution < -0.4 is 0 Å². The van der Waals surface area contributed by atoms with Crippen LogP contribution in [0.1, 0.15) is 64.3 Å². The Bertz CT molecular complexity index is 1120. The summed E-state index contributed by atoms with van der Waals surface area (Å²) < 4.78 is 17.6. The van der Waals surface area contributed by atoms with Gasteiger partial charge in [0.15, 0.2) is 9.04 Å². The predicted octanol–water partition coefficient (Wildman–Crippen LogP) is 6.49. The Morgan fingerprint density at radius 3 is 1.69 bits per heavy atom. The van der Waals surface area contributed by atoms with Gasteiger partial charge in [-0.2, -0.15) is 0 Å². The average molecular weight is 491 g/mol. The lowest BCUT2D eigenvalue weighted by Gasteiger charge is -2.33. The van der Waals surface area contributed by atoms with E-state index in [9.17, 15) is 9.59 Å². The van der Waals surface area contributed by atoms with E-state index in [-0.39, 0.29) is 24.7 Å². The molecule has 0 aromatic heterocycles. The molecule has 0 spiro atoms. The number of ether oxygens (including phenoxy) is 2. The standard InChI is InChI=1S/C29H34O5Si/c1-29(2,3)26(34-35(4)5)23-16-17-24(19-32-27(30)21-12-8-6-9-13-21)25(18-23)20-33-28(31)22-14-10-7-11-15-22/h6-18,26,35H,19-20H2,1-5H3. The van der Waals surface area contributed by atoms with Crippen molar-refractivity contribution in [2.75, 3.05) is 0 Å². The van der Waals surface area contributed by atoms with Crippen LogP contribution in [0.3, 0.4) is 0 Å². The largest absolute Gasteiger partial charge is 0.457 e. The first kappa shape index (κ1) is 26.4. The SMILES string of the molecule is C[SiH](C)OC(c1ccc(COC(=O)c2ccccc2)c(COC(=O)c2ccccc2)c1)C(C)(C)C. The molecular weight excluding hydrogens is 456 g/mol. The fourth-order valence-electron chi connectivity index (χ4n) is 3.74. The molecule has 0 saturated heterocycles. The molecule has 0 aliphatic rings. The first-order chi connectivity index (χ1) is 16.6. The summed E-state index contributed by atoms with van der Waals surface area (Å²) in [6.07, 6.45) is -0.0985. The van der Waals surface area contributed by atoms with E-state index >= 15 is 0 Å². The van der Waals surface area contributed by atoms with Crippen LogP contribution in [-0.4, -0.2) is 21.0 Å². The van der Waals surface area contributed by atoms with E-state index in [0.29, 0.717) is 11.1 Å². The van der Waals surface area contributed by atoms with E-state index in [2.05, 4.69) is 33.9 Å². The normalized spacial score (nSPS) is 12.3. The van der Waals surface area contributed by atoms with Crippen molar-refractivity contribution in [2.24, 2.45) is 5.41 Å². The quantitative estimate of drug-likeness (QED) is 0.253. The summed E-state index contributed by atoms with van der Waals surface area (Å²) in [5.41, 5.74) is 3.45. The number of hydrogen-bond acceptors (Lipinski definition) is 5. The first-order valence-electron chi connectivity index (χ1n) is 11.9. The average Bonchev–Trinajstić information content (AvgIpc) is 2.85. The monoisotopic (exact) mass is 490 g/mol. The molecule has 0 aliphatic carbocycles. The number of esters is 2. The highest BCUT2D eigenvalue weighted by molar-refractivity contribution is 6.48. The zero-order valence-electron chi connectivity index (χ0n) is 21.1. The number of carbonyl (C=O) groups excluding carboxylic acids is 2. The molecule has 0 N–H and O–H groups in total. The molecule has 184 valence electrons. The summed E-state index contributed by atoms with van der Waals surface area (Å²) in [6.45, 7) is 10.9. The summed E-state index contributed by atoms with van der Waals surface area (Å²) in [6, 6.07) is 23.7. The topological polar surface area (TPSA) is 61.8 Å². The van der Waals surface area contributed by atoms with Crippen molar-refractivity contribution in [1.29, 1.82) is 0 Å². The van der Waals surface area contributed by atoms with Gasteiger partial charge in [-0.3, -0.25) is 0 Å². The lowest BCUT2D eigenvalue weighted by Crippen LogP contribution is -2.26. The highest BCUT2D eigenvalue weighted by Crippen LogP contribution is 2.37. The van der Waals surface area contributed by atoms with Crippen LogP contribution in [0.5, 0.6) is 0 Å². The maximum atomic E-state index is 12.6. The zero-order valence-corrected chi connectivity index (χ0v) is 22.3. The summed E-state index contributed by atoms with van der Waals surface area (Å²) >= 11 is 0. The Morgan fingerprint density at radius 2 is 1.23 bits per heavy atom. The molecule has 1 unspecified atom stereocenters. The summed E-state index contributed by atoms with van der Waals surface area (Å²) in [5, 5.41) is 0. The van der Waals surface area contributed by atoms with Gasteiger partial charge in [-0.25, -0.2) is 9.59 Å². The van der Waals surface area contributed by atoms with Crippen molar-refractivity contribution in [1.82, 2.24) is 0 Å². The number of rotatable bonds is 9. The van der Waals surface area contributed by atoms with Crippen molar-refractivity contribution in [2.45, 2.75) is 53.2 Å². The molecule has 6 heteroatoms. The Balaban J connectivity index is 1.86. The third-order valence-corrected chi connectivity index (χ3v) is 6.28. The van der Waals surface area contributed by atoms with Gasteiger partial charge in [0.2, 0.25) is 0 Å². The Hall–Kier alpha value is -3.22. The van der Waals surface area contributed by atoms with Gasteiger partial charge in [0, 0.05) is 0 Å². The smallest absolute Gasteiger partial charge is 0.338 e. The van der Waals surface area contributed by atoms with E-state index in [1.165, 1.54) is 0 Å². The van der Waals surface area contributed by atoms with Gasteiger partial charge in [0.1, 0.15) is 13.2 Å². The molecular formula is C29H34O5Si. The summed E-state index contributed by atoms with van der Waals surface area (Å²) in [4.78, 5) is 25.1. The van der Waals surface area contributed by atoms with Crippen molar-refractivity contribution in [3.8, 4) is 0 Å². The fourth-order valence-corrected chi connectivity index (χ4v) is 4.85. The third-order valence-electron chi connectivity index (χ3n) is 5.46. The van der Waals surface area contributed by atoms with Gasteiger partial charge >= 0.3 is 11.9 Å². The molecule has 0 aliphatic heterocycles. The van der Waals surface area contributed by atoms with Crippen LogP contribution in [0.15, 0.2) is 78.9 Å². The zero-order chi connectivity index (χ0) is 25.4. The van der Waals surface area contributed by atoms with Gasteiger partial charge in [-0.1, -0.05) is 69.3 Å². The maximum absolute atomic E-state index is 12.6. The van der Waals surface area contributed by atoms with E-state index < -0.39 is 21.0 Å². The van der Waals surface area contributed by atoms with Gasteiger partial charge in [0.25, 0.3) is 0 Å². The number of benzene rings is 3. The second-order valence-corrected chi connectivity index (χ2v) is 12.2. The minimum atomic E-state index is -1.32. The summed E-state index contributed by atoms with van der Waals surface area (Å²) in [5.74, 6) is -0.801. The van der Waals surface area contributed by atoms with Crippen LogP contribution >= 0.6 is 0 Å². The predicted molar refractivity (Wildman–Crippen MR) is 140 cm³/mol. The molecule has 0 bridgehead atoms. The van der Waals surface area contributed by atoms with E-state index in [4.69, 9.17) is 13.9 Å². The molecule has 3 rings (SSSR count). The lowest BCUT2D eigenvalue weighted by atomic mass is 9.84. The third kappa shape index (κ3) is 7.63. The molecule has 1 atom stereocenters. The van der Waals surface area contributed by atoms with Crippen LogP contribution in [-0.2, 0) is 27.1 Å². The second kappa shape index (κ2) is 12.0. The molecule has 0 radical (unpaired) electrons. The maximum Gasteiger partial charge on any atom is 0.338 e. The minimum absolute atomic E-state index is 0.0652. The lowest BCUT2D eigenvalue weighted by molar-refractivity contribution is 0.0434. The minimum Gasteiger partial charge on any atom is -0.457 e. The van der Waals surface area contributed by atoms with Gasteiger partial charge in [-0.15, -0.1) is 0 Å². The van der Waals surface area contributed by atoms with Crippen molar-refractivity contribution < 1.29 is 23.5 Å². The number of carbonyl (C=O) groups is 2. The molecule has 3 aromatic rings. The molecule has 35 heavy (non-hydrogen) atoms. The van der Waals surface area contributed by atoms with Gasteiger partial charge in [0.05, 0.1) is 17.2 Å². The molecule has 0 heterocycles. The first-order valence-corrected chi connectivity index (χ1v) is 14.6. The molecule has 0 fully saturated rings.